The summed E-state index contributed by atoms with van der Waals surface area (Å²) >= 11 is 0. The molecule has 17 heavy (non-hydrogen) atoms. The first-order valence-corrected chi connectivity index (χ1v) is 4.58. The Hall–Kier alpha value is -2.31. The van der Waals surface area contributed by atoms with Gasteiger partial charge in [-0.05, 0) is 12.1 Å². The molecule has 0 saturated heterocycles. The van der Waals surface area contributed by atoms with Gasteiger partial charge in [-0.1, -0.05) is 5.21 Å². The van der Waals surface area contributed by atoms with Crippen molar-refractivity contribution in [3.8, 4) is 5.69 Å². The molecule has 7 heteroatoms. The number of carbonyl (C=O) groups is 1. The zero-order valence-electron chi connectivity index (χ0n) is 8.72. The van der Waals surface area contributed by atoms with Crippen molar-refractivity contribution in [2.24, 2.45) is 0 Å². The summed E-state index contributed by atoms with van der Waals surface area (Å²) in [4.78, 5) is 11.1. The number of hydrogen-bond donors (Lipinski definition) is 0. The lowest BCUT2D eigenvalue weighted by atomic mass is 10.3. The Labute approximate surface area is 94.6 Å². The number of halogens is 2. The molecule has 0 spiro atoms. The van der Waals surface area contributed by atoms with E-state index in [9.17, 15) is 13.6 Å². The van der Waals surface area contributed by atoms with Gasteiger partial charge in [0.1, 0.15) is 17.3 Å². The molecule has 0 atom stereocenters. The van der Waals surface area contributed by atoms with Gasteiger partial charge in [-0.3, -0.25) is 0 Å². The van der Waals surface area contributed by atoms with Crippen molar-refractivity contribution in [2.75, 3.05) is 7.11 Å². The molecule has 0 amide bonds. The minimum absolute atomic E-state index is 0.0869. The Morgan fingerprint density at radius 2 is 2.18 bits per heavy atom. The zero-order chi connectivity index (χ0) is 12.4. The summed E-state index contributed by atoms with van der Waals surface area (Å²) in [6, 6.07) is 2.90. The monoisotopic (exact) mass is 239 g/mol. The number of hydrogen-bond acceptors (Lipinski definition) is 4. The van der Waals surface area contributed by atoms with Crippen molar-refractivity contribution in [2.45, 2.75) is 0 Å². The van der Waals surface area contributed by atoms with Crippen LogP contribution < -0.4 is 0 Å². The Kier molecular flexibility index (Phi) is 2.82. The van der Waals surface area contributed by atoms with Gasteiger partial charge in [-0.25, -0.2) is 18.3 Å². The third-order valence-electron chi connectivity index (χ3n) is 2.04. The van der Waals surface area contributed by atoms with Crippen molar-refractivity contribution in [1.82, 2.24) is 15.0 Å². The summed E-state index contributed by atoms with van der Waals surface area (Å²) in [6.07, 6.45) is 1.16. The highest BCUT2D eigenvalue weighted by Crippen LogP contribution is 2.14. The predicted octanol–water partition coefficient (Wildman–Crippen LogP) is 1.33. The first kappa shape index (κ1) is 11.2. The van der Waals surface area contributed by atoms with Crippen molar-refractivity contribution in [1.29, 1.82) is 0 Å². The molecule has 0 radical (unpaired) electrons. The molecule has 0 aliphatic heterocycles. The van der Waals surface area contributed by atoms with E-state index in [2.05, 4.69) is 15.0 Å². The van der Waals surface area contributed by atoms with Crippen LogP contribution in [-0.2, 0) is 4.74 Å². The maximum Gasteiger partial charge on any atom is 0.360 e. The molecule has 0 N–H and O–H groups in total. The Balaban J connectivity index is 2.43. The molecule has 1 heterocycles. The van der Waals surface area contributed by atoms with Gasteiger partial charge in [0.25, 0.3) is 0 Å². The summed E-state index contributed by atoms with van der Waals surface area (Å²) in [5.74, 6) is -1.99. The number of nitrogens with zero attached hydrogens (tertiary/aromatic N) is 3. The van der Waals surface area contributed by atoms with E-state index in [0.29, 0.717) is 0 Å². The van der Waals surface area contributed by atoms with E-state index < -0.39 is 17.6 Å². The summed E-state index contributed by atoms with van der Waals surface area (Å²) in [6.45, 7) is 0. The second-order valence-electron chi connectivity index (χ2n) is 3.14. The van der Waals surface area contributed by atoms with E-state index in [-0.39, 0.29) is 11.4 Å². The van der Waals surface area contributed by atoms with Crippen LogP contribution in [-0.4, -0.2) is 28.1 Å². The second kappa shape index (κ2) is 4.28. The maximum atomic E-state index is 13.4. The highest BCUT2D eigenvalue weighted by atomic mass is 19.1. The number of methoxy groups -OCH3 is 1. The van der Waals surface area contributed by atoms with E-state index in [1.165, 1.54) is 7.11 Å². The van der Waals surface area contributed by atoms with Gasteiger partial charge >= 0.3 is 5.97 Å². The van der Waals surface area contributed by atoms with Gasteiger partial charge in [0.15, 0.2) is 5.69 Å². The molecule has 0 aliphatic rings. The molecule has 0 fully saturated rings. The van der Waals surface area contributed by atoms with Gasteiger partial charge in [0, 0.05) is 6.07 Å². The minimum Gasteiger partial charge on any atom is -0.464 e. The van der Waals surface area contributed by atoms with E-state index in [4.69, 9.17) is 0 Å². The third-order valence-corrected chi connectivity index (χ3v) is 2.04. The zero-order valence-corrected chi connectivity index (χ0v) is 8.72. The number of rotatable bonds is 2. The van der Waals surface area contributed by atoms with Crippen LogP contribution in [0, 0.1) is 11.6 Å². The maximum absolute atomic E-state index is 13.4. The lowest BCUT2D eigenvalue weighted by Gasteiger charge is -2.01. The van der Waals surface area contributed by atoms with Gasteiger partial charge in [-0.2, -0.15) is 0 Å². The molecular weight excluding hydrogens is 232 g/mol. The first-order chi connectivity index (χ1) is 8.11. The highest BCUT2D eigenvalue weighted by molar-refractivity contribution is 5.86. The fraction of sp³-hybridized carbons (Fsp3) is 0.100. The van der Waals surface area contributed by atoms with Crippen molar-refractivity contribution < 1.29 is 18.3 Å². The van der Waals surface area contributed by atoms with E-state index in [1.807, 2.05) is 0 Å². The predicted molar refractivity (Wildman–Crippen MR) is 52.6 cm³/mol. The quantitative estimate of drug-likeness (QED) is 0.742. The molecule has 2 rings (SSSR count). The number of esters is 1. The number of carbonyl (C=O) groups excluding carboxylic acids is 1. The van der Waals surface area contributed by atoms with Crippen LogP contribution in [0.5, 0.6) is 0 Å². The largest absolute Gasteiger partial charge is 0.464 e. The first-order valence-electron chi connectivity index (χ1n) is 4.58. The fourth-order valence-corrected chi connectivity index (χ4v) is 1.24. The van der Waals surface area contributed by atoms with Gasteiger partial charge < -0.3 is 4.74 Å². The lowest BCUT2D eigenvalue weighted by Crippen LogP contribution is -2.01. The van der Waals surface area contributed by atoms with Crippen LogP contribution in [0.15, 0.2) is 24.4 Å². The van der Waals surface area contributed by atoms with Crippen LogP contribution in [0.2, 0.25) is 0 Å². The van der Waals surface area contributed by atoms with Crippen LogP contribution in [0.3, 0.4) is 0 Å². The Morgan fingerprint density at radius 3 is 2.88 bits per heavy atom. The average Bonchev–Trinajstić information content (AvgIpc) is 2.80. The van der Waals surface area contributed by atoms with Gasteiger partial charge in [0.05, 0.1) is 13.3 Å². The molecule has 2 aromatic rings. The van der Waals surface area contributed by atoms with Crippen LogP contribution in [0.1, 0.15) is 10.5 Å². The summed E-state index contributed by atoms with van der Waals surface area (Å²) in [5.41, 5.74) is -0.219. The molecular formula is C10H7F2N3O2. The topological polar surface area (TPSA) is 57.0 Å². The van der Waals surface area contributed by atoms with Crippen molar-refractivity contribution in [3.63, 3.8) is 0 Å². The van der Waals surface area contributed by atoms with E-state index in [1.54, 1.807) is 0 Å². The molecule has 1 aromatic heterocycles. The van der Waals surface area contributed by atoms with Gasteiger partial charge in [-0.15, -0.1) is 5.10 Å². The van der Waals surface area contributed by atoms with E-state index >= 15 is 0 Å². The average molecular weight is 239 g/mol. The standard InChI is InChI=1S/C10H7F2N3O2/c1-17-10(16)8-5-15(14-13-8)9-4-6(11)2-3-7(9)12/h2-5H,1H3. The Bertz CT molecular complexity index is 568. The minimum atomic E-state index is -0.701. The van der Waals surface area contributed by atoms with Crippen molar-refractivity contribution >= 4 is 5.97 Å². The molecule has 5 nitrogen and oxygen atoms in total. The molecule has 0 bridgehead atoms. The number of benzene rings is 1. The summed E-state index contributed by atoms with van der Waals surface area (Å²) < 4.78 is 31.7. The molecule has 0 unspecified atom stereocenters. The molecule has 0 saturated carbocycles. The normalized spacial score (nSPS) is 10.3. The molecule has 0 aliphatic carbocycles. The van der Waals surface area contributed by atoms with Gasteiger partial charge in [0.2, 0.25) is 0 Å². The summed E-state index contributed by atoms with van der Waals surface area (Å²) in [7, 11) is 1.18. The Morgan fingerprint density at radius 1 is 1.41 bits per heavy atom. The highest BCUT2D eigenvalue weighted by Gasteiger charge is 2.13. The SMILES string of the molecule is COC(=O)c1cn(-c2cc(F)ccc2F)nn1. The van der Waals surface area contributed by atoms with Crippen LogP contribution >= 0.6 is 0 Å². The van der Waals surface area contributed by atoms with Crippen LogP contribution in [0.4, 0.5) is 8.78 Å². The fourth-order valence-electron chi connectivity index (χ4n) is 1.24. The smallest absolute Gasteiger partial charge is 0.360 e. The second-order valence-corrected chi connectivity index (χ2v) is 3.14. The summed E-state index contributed by atoms with van der Waals surface area (Å²) in [5, 5.41) is 7.00. The lowest BCUT2D eigenvalue weighted by molar-refractivity contribution is 0.0594. The number of aromatic nitrogens is 3. The molecule has 1 aromatic carbocycles. The van der Waals surface area contributed by atoms with Crippen molar-refractivity contribution in [3.05, 3.63) is 41.7 Å². The number of ether oxygens (including phenoxy) is 1. The van der Waals surface area contributed by atoms with Crippen LogP contribution in [0.25, 0.3) is 5.69 Å². The van der Waals surface area contributed by atoms with E-state index in [0.717, 1.165) is 29.1 Å². The molecule has 88 valence electrons. The third kappa shape index (κ3) is 2.12.